The van der Waals surface area contributed by atoms with Crippen LogP contribution >= 0.6 is 11.5 Å². The van der Waals surface area contributed by atoms with Crippen molar-refractivity contribution in [3.05, 3.63) is 16.6 Å². The average molecular weight is 308 g/mol. The maximum atomic E-state index is 13.0. The fraction of sp³-hybridized carbons (Fsp3) is 0.667. The standard InChI is InChI=1S/C12H15F3N2O2S/c1-8-7-9(16-20-8)10(18)17-5-3-11(19-2,4-6-17)12(13,14)15/h7H,3-6H2,1-2H3. The Balaban J connectivity index is 2.06. The number of halogens is 3. The Kier molecular flexibility index (Phi) is 4.06. The lowest BCUT2D eigenvalue weighted by Gasteiger charge is -2.41. The van der Waals surface area contributed by atoms with Gasteiger partial charge in [0.15, 0.2) is 5.60 Å². The molecule has 112 valence electrons. The number of hydrogen-bond donors (Lipinski definition) is 0. The van der Waals surface area contributed by atoms with Gasteiger partial charge < -0.3 is 9.64 Å². The van der Waals surface area contributed by atoms with Gasteiger partial charge in [-0.2, -0.15) is 17.5 Å². The van der Waals surface area contributed by atoms with Crippen molar-refractivity contribution in [2.24, 2.45) is 0 Å². The van der Waals surface area contributed by atoms with Crippen LogP contribution < -0.4 is 0 Å². The normalized spacial score (nSPS) is 19.1. The molecule has 0 radical (unpaired) electrons. The Morgan fingerprint density at radius 3 is 2.45 bits per heavy atom. The molecule has 1 fully saturated rings. The number of ether oxygens (including phenoxy) is 1. The molecule has 4 nitrogen and oxygen atoms in total. The van der Waals surface area contributed by atoms with E-state index in [1.54, 1.807) is 6.07 Å². The molecule has 1 aromatic rings. The van der Waals surface area contributed by atoms with Crippen LogP contribution in [0.1, 0.15) is 28.2 Å². The van der Waals surface area contributed by atoms with Gasteiger partial charge in [-0.1, -0.05) is 0 Å². The smallest absolute Gasteiger partial charge is 0.369 e. The van der Waals surface area contributed by atoms with E-state index in [1.807, 2.05) is 6.92 Å². The molecule has 0 atom stereocenters. The molecular formula is C12H15F3N2O2S. The van der Waals surface area contributed by atoms with E-state index in [2.05, 4.69) is 4.37 Å². The highest BCUT2D eigenvalue weighted by atomic mass is 32.1. The second kappa shape index (κ2) is 5.33. The molecule has 0 spiro atoms. The van der Waals surface area contributed by atoms with Crippen LogP contribution in [0.3, 0.4) is 0 Å². The van der Waals surface area contributed by atoms with Crippen LogP contribution in [0, 0.1) is 6.92 Å². The Morgan fingerprint density at radius 1 is 1.45 bits per heavy atom. The van der Waals surface area contributed by atoms with Crippen molar-refractivity contribution in [2.75, 3.05) is 20.2 Å². The average Bonchev–Trinajstić information content (AvgIpc) is 2.83. The number of alkyl halides is 3. The Bertz CT molecular complexity index is 493. The van der Waals surface area contributed by atoms with Crippen molar-refractivity contribution in [3.63, 3.8) is 0 Å². The summed E-state index contributed by atoms with van der Waals surface area (Å²) in [7, 11) is 1.06. The van der Waals surface area contributed by atoms with Crippen molar-refractivity contribution in [1.29, 1.82) is 0 Å². The summed E-state index contributed by atoms with van der Waals surface area (Å²) in [6, 6.07) is 1.65. The topological polar surface area (TPSA) is 42.4 Å². The van der Waals surface area contributed by atoms with Gasteiger partial charge in [0.2, 0.25) is 0 Å². The molecule has 20 heavy (non-hydrogen) atoms. The van der Waals surface area contributed by atoms with Gasteiger partial charge in [-0.15, -0.1) is 0 Å². The first kappa shape index (κ1) is 15.2. The first-order valence-electron chi connectivity index (χ1n) is 6.13. The van der Waals surface area contributed by atoms with Gasteiger partial charge in [-0.3, -0.25) is 4.79 Å². The molecule has 0 aromatic carbocycles. The van der Waals surface area contributed by atoms with Crippen molar-refractivity contribution < 1.29 is 22.7 Å². The van der Waals surface area contributed by atoms with Crippen molar-refractivity contribution in [3.8, 4) is 0 Å². The molecule has 0 bridgehead atoms. The number of hydrogen-bond acceptors (Lipinski definition) is 4. The lowest BCUT2D eigenvalue weighted by Crippen LogP contribution is -2.55. The highest BCUT2D eigenvalue weighted by Gasteiger charge is 2.56. The molecule has 0 N–H and O–H groups in total. The molecule has 1 aromatic heterocycles. The maximum Gasteiger partial charge on any atom is 0.417 e. The predicted octanol–water partition coefficient (Wildman–Crippen LogP) is 2.64. The lowest BCUT2D eigenvalue weighted by molar-refractivity contribution is -0.281. The summed E-state index contributed by atoms with van der Waals surface area (Å²) in [5.41, 5.74) is -1.84. The van der Waals surface area contributed by atoms with E-state index in [0.29, 0.717) is 5.69 Å². The number of aromatic nitrogens is 1. The van der Waals surface area contributed by atoms with E-state index in [1.165, 1.54) is 16.4 Å². The number of nitrogens with zero attached hydrogens (tertiary/aromatic N) is 2. The summed E-state index contributed by atoms with van der Waals surface area (Å²) in [5.74, 6) is -0.318. The number of carbonyl (C=O) groups is 1. The fourth-order valence-corrected chi connectivity index (χ4v) is 2.84. The van der Waals surface area contributed by atoms with Crippen LogP contribution in [0.15, 0.2) is 6.07 Å². The minimum absolute atomic E-state index is 0.0166. The molecule has 2 heterocycles. The van der Waals surface area contributed by atoms with Crippen LogP contribution in [-0.4, -0.2) is 47.2 Å². The summed E-state index contributed by atoms with van der Waals surface area (Å²) in [4.78, 5) is 14.4. The molecule has 0 unspecified atom stereocenters. The first-order chi connectivity index (χ1) is 9.29. The summed E-state index contributed by atoms with van der Waals surface area (Å²) in [6.45, 7) is 1.86. The zero-order valence-electron chi connectivity index (χ0n) is 11.2. The van der Waals surface area contributed by atoms with E-state index in [0.717, 1.165) is 12.0 Å². The molecular weight excluding hydrogens is 293 g/mol. The highest BCUT2D eigenvalue weighted by molar-refractivity contribution is 7.05. The third-order valence-electron chi connectivity index (χ3n) is 3.61. The van der Waals surface area contributed by atoms with E-state index in [9.17, 15) is 18.0 Å². The van der Waals surface area contributed by atoms with Crippen molar-refractivity contribution in [1.82, 2.24) is 9.27 Å². The van der Waals surface area contributed by atoms with Gasteiger partial charge in [-0.05, 0) is 24.5 Å². The Morgan fingerprint density at radius 2 is 2.05 bits per heavy atom. The third-order valence-corrected chi connectivity index (χ3v) is 4.31. The Labute approximate surface area is 118 Å². The van der Waals surface area contributed by atoms with E-state index in [4.69, 9.17) is 4.74 Å². The van der Waals surface area contributed by atoms with Gasteiger partial charge in [-0.25, -0.2) is 0 Å². The van der Waals surface area contributed by atoms with Gasteiger partial charge in [0.05, 0.1) is 0 Å². The largest absolute Gasteiger partial charge is 0.417 e. The monoisotopic (exact) mass is 308 g/mol. The molecule has 8 heteroatoms. The van der Waals surface area contributed by atoms with Crippen molar-refractivity contribution in [2.45, 2.75) is 31.5 Å². The lowest BCUT2D eigenvalue weighted by atomic mass is 9.90. The number of rotatable bonds is 2. The van der Waals surface area contributed by atoms with Crippen LogP contribution in [-0.2, 0) is 4.74 Å². The molecule has 1 aliphatic rings. The van der Waals surface area contributed by atoms with Crippen molar-refractivity contribution >= 4 is 17.4 Å². The van der Waals surface area contributed by atoms with Gasteiger partial charge in [0, 0.05) is 37.9 Å². The predicted molar refractivity (Wildman–Crippen MR) is 67.8 cm³/mol. The highest BCUT2D eigenvalue weighted by Crippen LogP contribution is 2.41. The number of likely N-dealkylation sites (tertiary alicyclic amines) is 1. The summed E-state index contributed by atoms with van der Waals surface area (Å²) < 4.78 is 47.7. The number of aryl methyl sites for hydroxylation is 1. The molecule has 2 rings (SSSR count). The van der Waals surface area contributed by atoms with Crippen LogP contribution in [0.25, 0.3) is 0 Å². The summed E-state index contributed by atoms with van der Waals surface area (Å²) in [5, 5.41) is 0. The fourth-order valence-electron chi connectivity index (χ4n) is 2.30. The minimum Gasteiger partial charge on any atom is -0.369 e. The number of piperidine rings is 1. The van der Waals surface area contributed by atoms with Crippen LogP contribution in [0.2, 0.25) is 0 Å². The minimum atomic E-state index is -4.42. The van der Waals surface area contributed by atoms with E-state index in [-0.39, 0.29) is 31.8 Å². The number of amides is 1. The number of methoxy groups -OCH3 is 1. The summed E-state index contributed by atoms with van der Waals surface area (Å²) >= 11 is 1.20. The molecule has 1 amide bonds. The number of carbonyl (C=O) groups excluding carboxylic acids is 1. The summed E-state index contributed by atoms with van der Waals surface area (Å²) in [6.07, 6.45) is -4.92. The van der Waals surface area contributed by atoms with Crippen LogP contribution in [0.5, 0.6) is 0 Å². The molecule has 1 aliphatic heterocycles. The quantitative estimate of drug-likeness (QED) is 0.843. The zero-order valence-corrected chi connectivity index (χ0v) is 12.0. The Hall–Kier alpha value is -1.15. The zero-order chi connectivity index (χ0) is 15.0. The molecule has 1 saturated heterocycles. The van der Waals surface area contributed by atoms with Gasteiger partial charge in [0.25, 0.3) is 5.91 Å². The maximum absolute atomic E-state index is 13.0. The third kappa shape index (κ3) is 2.67. The van der Waals surface area contributed by atoms with Gasteiger partial charge >= 0.3 is 6.18 Å². The van der Waals surface area contributed by atoms with E-state index < -0.39 is 11.8 Å². The van der Waals surface area contributed by atoms with Crippen LogP contribution in [0.4, 0.5) is 13.2 Å². The van der Waals surface area contributed by atoms with Gasteiger partial charge in [0.1, 0.15) is 5.69 Å². The second-order valence-electron chi connectivity index (χ2n) is 4.81. The first-order valence-corrected chi connectivity index (χ1v) is 6.91. The molecule has 0 saturated carbocycles. The second-order valence-corrected chi connectivity index (χ2v) is 5.82. The molecule has 0 aliphatic carbocycles. The van der Waals surface area contributed by atoms with E-state index >= 15 is 0 Å². The SMILES string of the molecule is COC1(C(F)(F)F)CCN(C(=O)c2cc(C)sn2)CC1.